The average molecular weight is 370 g/mol. The molecule has 9 heteroatoms. The van der Waals surface area contributed by atoms with Gasteiger partial charge >= 0.3 is 0 Å². The van der Waals surface area contributed by atoms with E-state index in [1.807, 2.05) is 6.26 Å². The maximum atomic E-state index is 5.82. The zero-order valence-corrected chi connectivity index (χ0v) is 13.9. The fourth-order valence-corrected chi connectivity index (χ4v) is 2.03. The van der Waals surface area contributed by atoms with Gasteiger partial charge in [-0.1, -0.05) is 58.2 Å². The van der Waals surface area contributed by atoms with E-state index in [0.29, 0.717) is 16.1 Å². The molecule has 0 aliphatic rings. The third-order valence-corrected chi connectivity index (χ3v) is 3.46. The molecule has 0 spiro atoms. The van der Waals surface area contributed by atoms with E-state index >= 15 is 0 Å². The summed E-state index contributed by atoms with van der Waals surface area (Å²) in [6.45, 7) is 0. The topological polar surface area (TPSA) is 50.7 Å². The maximum absolute atomic E-state index is 5.82. The van der Waals surface area contributed by atoms with E-state index in [-0.39, 0.29) is 5.82 Å². The van der Waals surface area contributed by atoms with Gasteiger partial charge in [-0.3, -0.25) is 0 Å². The highest BCUT2D eigenvalue weighted by molar-refractivity contribution is 7.98. The second kappa shape index (κ2) is 6.54. The molecule has 0 amide bonds. The van der Waals surface area contributed by atoms with Crippen molar-refractivity contribution in [2.24, 2.45) is 0 Å². The first-order valence-electron chi connectivity index (χ1n) is 5.28. The number of aromatic nitrogens is 3. The highest BCUT2D eigenvalue weighted by Gasteiger charge is 2.28. The molecule has 1 aromatic heterocycles. The van der Waals surface area contributed by atoms with Gasteiger partial charge in [0, 0.05) is 10.7 Å². The number of nitrogens with one attached hydrogen (secondary N) is 1. The van der Waals surface area contributed by atoms with Crippen LogP contribution in [-0.4, -0.2) is 21.2 Å². The summed E-state index contributed by atoms with van der Waals surface area (Å²) in [5.41, 5.74) is 0.767. The Kier molecular flexibility index (Phi) is 5.20. The van der Waals surface area contributed by atoms with Gasteiger partial charge < -0.3 is 5.32 Å². The van der Waals surface area contributed by atoms with Crippen molar-refractivity contribution in [3.8, 4) is 0 Å². The Morgan fingerprint density at radius 3 is 2.25 bits per heavy atom. The molecule has 2 rings (SSSR count). The molecular weight excluding hydrogens is 362 g/mol. The van der Waals surface area contributed by atoms with Crippen molar-refractivity contribution in [3.05, 3.63) is 35.1 Å². The molecule has 0 bridgehead atoms. The van der Waals surface area contributed by atoms with Crippen LogP contribution >= 0.6 is 58.2 Å². The van der Waals surface area contributed by atoms with E-state index in [2.05, 4.69) is 20.3 Å². The maximum Gasteiger partial charge on any atom is 0.250 e. The van der Waals surface area contributed by atoms with Crippen LogP contribution in [0.1, 0.15) is 5.82 Å². The van der Waals surface area contributed by atoms with Crippen molar-refractivity contribution in [2.75, 3.05) is 11.6 Å². The summed E-state index contributed by atoms with van der Waals surface area (Å²) < 4.78 is -1.70. The Morgan fingerprint density at radius 2 is 1.70 bits per heavy atom. The van der Waals surface area contributed by atoms with Gasteiger partial charge in [0.25, 0.3) is 0 Å². The molecule has 1 heterocycles. The zero-order valence-electron chi connectivity index (χ0n) is 10.1. The summed E-state index contributed by atoms with van der Waals surface area (Å²) >= 11 is 24.6. The minimum absolute atomic E-state index is 0.0679. The van der Waals surface area contributed by atoms with Gasteiger partial charge in [0.2, 0.25) is 9.74 Å². The summed E-state index contributed by atoms with van der Waals surface area (Å²) in [5, 5.41) is 4.10. The lowest BCUT2D eigenvalue weighted by atomic mass is 10.3. The lowest BCUT2D eigenvalue weighted by Gasteiger charge is -2.12. The molecule has 0 radical (unpaired) electrons. The van der Waals surface area contributed by atoms with Crippen LogP contribution in [0, 0.1) is 0 Å². The van der Waals surface area contributed by atoms with E-state index < -0.39 is 3.79 Å². The number of benzene rings is 1. The summed E-state index contributed by atoms with van der Waals surface area (Å²) in [6.07, 6.45) is 1.82. The van der Waals surface area contributed by atoms with E-state index in [1.165, 1.54) is 11.8 Å². The van der Waals surface area contributed by atoms with E-state index in [9.17, 15) is 0 Å². The first-order valence-corrected chi connectivity index (χ1v) is 8.02. The quantitative estimate of drug-likeness (QED) is 0.620. The number of rotatable bonds is 3. The molecule has 2 aromatic rings. The molecule has 1 aromatic carbocycles. The SMILES string of the molecule is CSc1nc(Nc2ccc(Cl)cc2)nc(C(Cl)(Cl)Cl)n1. The fourth-order valence-electron chi connectivity index (χ4n) is 1.29. The van der Waals surface area contributed by atoms with Crippen LogP contribution in [-0.2, 0) is 3.79 Å². The van der Waals surface area contributed by atoms with Gasteiger partial charge in [-0.15, -0.1) is 0 Å². The van der Waals surface area contributed by atoms with Gasteiger partial charge in [-0.2, -0.15) is 9.97 Å². The highest BCUT2D eigenvalue weighted by atomic mass is 35.6. The Bertz CT molecular complexity index is 600. The second-order valence-corrected chi connectivity index (χ2v) is 7.09. The van der Waals surface area contributed by atoms with E-state index in [4.69, 9.17) is 46.4 Å². The van der Waals surface area contributed by atoms with Gasteiger partial charge in [-0.25, -0.2) is 4.98 Å². The number of hydrogen-bond donors (Lipinski definition) is 1. The number of halogens is 4. The Balaban J connectivity index is 2.33. The first-order chi connectivity index (χ1) is 9.38. The smallest absolute Gasteiger partial charge is 0.250 e. The molecule has 0 fully saturated rings. The van der Waals surface area contributed by atoms with Gasteiger partial charge in [0.1, 0.15) is 0 Å². The molecule has 106 valence electrons. The Morgan fingerprint density at radius 1 is 1.05 bits per heavy atom. The van der Waals surface area contributed by atoms with Crippen molar-refractivity contribution < 1.29 is 0 Å². The van der Waals surface area contributed by atoms with Crippen LogP contribution in [0.25, 0.3) is 0 Å². The van der Waals surface area contributed by atoms with E-state index in [0.717, 1.165) is 5.69 Å². The van der Waals surface area contributed by atoms with Crippen molar-refractivity contribution in [1.29, 1.82) is 0 Å². The van der Waals surface area contributed by atoms with Crippen LogP contribution in [0.2, 0.25) is 5.02 Å². The molecule has 0 aliphatic carbocycles. The number of hydrogen-bond acceptors (Lipinski definition) is 5. The molecular formula is C11H8Cl4N4S. The standard InChI is InChI=1S/C11H8Cl4N4S/c1-20-10-18-8(11(13,14)15)17-9(19-10)16-7-4-2-6(12)3-5-7/h2-5H,1H3,(H,16,17,18,19). The number of nitrogens with zero attached hydrogens (tertiary/aromatic N) is 3. The largest absolute Gasteiger partial charge is 0.324 e. The lowest BCUT2D eigenvalue weighted by Crippen LogP contribution is -2.11. The predicted octanol–water partition coefficient (Wildman–Crippen LogP) is 4.82. The summed E-state index contributed by atoms with van der Waals surface area (Å²) in [7, 11) is 0. The summed E-state index contributed by atoms with van der Waals surface area (Å²) in [4.78, 5) is 12.4. The molecule has 0 atom stereocenters. The normalized spacial score (nSPS) is 11.4. The predicted molar refractivity (Wildman–Crippen MR) is 85.6 cm³/mol. The van der Waals surface area contributed by atoms with Crippen molar-refractivity contribution >= 4 is 69.8 Å². The molecule has 0 aliphatic heterocycles. The molecule has 20 heavy (non-hydrogen) atoms. The third kappa shape index (κ3) is 4.27. The molecule has 4 nitrogen and oxygen atoms in total. The van der Waals surface area contributed by atoms with Crippen LogP contribution in [0.3, 0.4) is 0 Å². The number of anilines is 2. The number of alkyl halides is 3. The lowest BCUT2D eigenvalue weighted by molar-refractivity contribution is 0.834. The van der Waals surface area contributed by atoms with E-state index in [1.54, 1.807) is 24.3 Å². The Labute approximate surface area is 140 Å². The number of thioether (sulfide) groups is 1. The first kappa shape index (κ1) is 15.9. The fraction of sp³-hybridized carbons (Fsp3) is 0.182. The monoisotopic (exact) mass is 368 g/mol. The van der Waals surface area contributed by atoms with Crippen LogP contribution in [0.4, 0.5) is 11.6 Å². The van der Waals surface area contributed by atoms with Crippen LogP contribution in [0.5, 0.6) is 0 Å². The molecule has 1 N–H and O–H groups in total. The van der Waals surface area contributed by atoms with Crippen molar-refractivity contribution in [1.82, 2.24) is 15.0 Å². The van der Waals surface area contributed by atoms with Gasteiger partial charge in [-0.05, 0) is 30.5 Å². The second-order valence-electron chi connectivity index (χ2n) is 3.60. The third-order valence-electron chi connectivity index (χ3n) is 2.15. The van der Waals surface area contributed by atoms with Crippen molar-refractivity contribution in [2.45, 2.75) is 8.95 Å². The minimum atomic E-state index is -1.70. The minimum Gasteiger partial charge on any atom is -0.324 e. The van der Waals surface area contributed by atoms with Gasteiger partial charge in [0.15, 0.2) is 11.0 Å². The van der Waals surface area contributed by atoms with Crippen LogP contribution in [0.15, 0.2) is 29.4 Å². The molecule has 0 unspecified atom stereocenters. The summed E-state index contributed by atoms with van der Waals surface area (Å²) in [5.74, 6) is 0.367. The molecule has 0 saturated carbocycles. The van der Waals surface area contributed by atoms with Crippen LogP contribution < -0.4 is 5.32 Å². The summed E-state index contributed by atoms with van der Waals surface area (Å²) in [6, 6.07) is 7.08. The van der Waals surface area contributed by atoms with Gasteiger partial charge in [0.05, 0.1) is 0 Å². The highest BCUT2D eigenvalue weighted by Crippen LogP contribution is 2.36. The molecule has 0 saturated heterocycles. The zero-order chi connectivity index (χ0) is 14.8. The van der Waals surface area contributed by atoms with Crippen molar-refractivity contribution in [3.63, 3.8) is 0 Å². The Hall–Kier alpha value is -0.460. The average Bonchev–Trinajstić information content (AvgIpc) is 2.40.